The molecule has 0 fully saturated rings. The molecule has 110 valence electrons. The number of aliphatic hydroxyl groups is 2. The maximum Gasteiger partial charge on any atom is 0.310 e. The number of rotatable bonds is 9. The molecule has 0 aromatic heterocycles. The van der Waals surface area contributed by atoms with Crippen molar-refractivity contribution in [3.63, 3.8) is 0 Å². The summed E-state index contributed by atoms with van der Waals surface area (Å²) in [5.74, 6) is -8.11. The molecule has 6 heteroatoms. The van der Waals surface area contributed by atoms with Gasteiger partial charge in [-0.15, -0.1) is 0 Å². The van der Waals surface area contributed by atoms with Crippen molar-refractivity contribution in [1.29, 1.82) is 0 Å². The van der Waals surface area contributed by atoms with Crippen molar-refractivity contribution in [2.45, 2.75) is 76.4 Å². The van der Waals surface area contributed by atoms with E-state index in [9.17, 15) is 17.6 Å². The minimum absolute atomic E-state index is 0.0827. The number of hydrogen-bond acceptors (Lipinski definition) is 2. The molecule has 0 heterocycles. The Morgan fingerprint density at radius 2 is 1.06 bits per heavy atom. The first-order valence-corrected chi connectivity index (χ1v) is 6.20. The molecule has 0 aromatic rings. The molecule has 0 aromatic carbocycles. The first-order valence-electron chi connectivity index (χ1n) is 6.20. The first-order chi connectivity index (χ1) is 8.08. The lowest BCUT2D eigenvalue weighted by Crippen LogP contribution is -2.40. The second kappa shape index (κ2) is 7.28. The summed E-state index contributed by atoms with van der Waals surface area (Å²) < 4.78 is 53.1. The summed E-state index contributed by atoms with van der Waals surface area (Å²) >= 11 is 0. The van der Waals surface area contributed by atoms with Crippen molar-refractivity contribution in [3.8, 4) is 0 Å². The molecular weight excluding hydrogens is 252 g/mol. The van der Waals surface area contributed by atoms with Crippen LogP contribution >= 0.6 is 0 Å². The average Bonchev–Trinajstić information content (AvgIpc) is 2.15. The normalized spacial score (nSPS) is 16.7. The number of hydrogen-bond donors (Lipinski definition) is 2. The van der Waals surface area contributed by atoms with Crippen LogP contribution in [-0.4, -0.2) is 34.3 Å². The van der Waals surface area contributed by atoms with Gasteiger partial charge in [-0.05, 0) is 39.5 Å². The fraction of sp³-hybridized carbons (Fsp3) is 1.00. The molecule has 0 saturated heterocycles. The highest BCUT2D eigenvalue weighted by Crippen LogP contribution is 2.41. The van der Waals surface area contributed by atoms with Gasteiger partial charge in [-0.2, -0.15) is 17.6 Å². The van der Waals surface area contributed by atoms with Gasteiger partial charge in [-0.25, -0.2) is 0 Å². The van der Waals surface area contributed by atoms with Crippen LogP contribution in [0.25, 0.3) is 0 Å². The zero-order chi connectivity index (χ0) is 14.4. The molecule has 0 aliphatic rings. The third-order valence-corrected chi connectivity index (χ3v) is 2.76. The highest BCUT2D eigenvalue weighted by atomic mass is 19.3. The van der Waals surface area contributed by atoms with Gasteiger partial charge in [0.05, 0.1) is 12.2 Å². The van der Waals surface area contributed by atoms with Crippen LogP contribution in [-0.2, 0) is 0 Å². The number of alkyl halides is 4. The van der Waals surface area contributed by atoms with Gasteiger partial charge in [0.2, 0.25) is 0 Å². The zero-order valence-corrected chi connectivity index (χ0v) is 10.8. The monoisotopic (exact) mass is 274 g/mol. The maximum absolute atomic E-state index is 13.3. The van der Waals surface area contributed by atoms with Crippen LogP contribution in [0.5, 0.6) is 0 Å². The Morgan fingerprint density at radius 1 is 0.778 bits per heavy atom. The van der Waals surface area contributed by atoms with E-state index >= 15 is 0 Å². The molecular formula is C12H22F4O2. The molecule has 2 atom stereocenters. The molecule has 0 radical (unpaired) electrons. The summed E-state index contributed by atoms with van der Waals surface area (Å²) in [6.07, 6.45) is -3.50. The predicted octanol–water partition coefficient (Wildman–Crippen LogP) is 3.36. The Bertz CT molecular complexity index is 206. The molecule has 0 aliphatic carbocycles. The largest absolute Gasteiger partial charge is 0.393 e. The van der Waals surface area contributed by atoms with E-state index in [1.807, 2.05) is 0 Å². The van der Waals surface area contributed by atoms with Crippen molar-refractivity contribution in [2.24, 2.45) is 0 Å². The third kappa shape index (κ3) is 6.54. The van der Waals surface area contributed by atoms with Gasteiger partial charge >= 0.3 is 11.8 Å². The smallest absolute Gasteiger partial charge is 0.310 e. The number of aliphatic hydroxyl groups excluding tert-OH is 2. The SMILES string of the molecule is CC(O)CCCC(F)(F)C(F)(F)CCCC(C)O. The van der Waals surface area contributed by atoms with Gasteiger partial charge in [0.1, 0.15) is 0 Å². The Morgan fingerprint density at radius 3 is 1.28 bits per heavy atom. The van der Waals surface area contributed by atoms with E-state index in [0.29, 0.717) is 0 Å². The number of halogens is 4. The lowest BCUT2D eigenvalue weighted by Gasteiger charge is -2.27. The van der Waals surface area contributed by atoms with E-state index in [1.165, 1.54) is 13.8 Å². The van der Waals surface area contributed by atoms with E-state index in [4.69, 9.17) is 10.2 Å². The summed E-state index contributed by atoms with van der Waals surface area (Å²) in [4.78, 5) is 0. The minimum atomic E-state index is -4.05. The second-order valence-corrected chi connectivity index (χ2v) is 4.89. The topological polar surface area (TPSA) is 40.5 Å². The second-order valence-electron chi connectivity index (χ2n) is 4.89. The van der Waals surface area contributed by atoms with E-state index in [2.05, 4.69) is 0 Å². The Labute approximate surface area is 105 Å². The molecule has 0 aliphatic heterocycles. The van der Waals surface area contributed by atoms with Crippen LogP contribution in [0.15, 0.2) is 0 Å². The Hall–Kier alpha value is -0.360. The van der Waals surface area contributed by atoms with Crippen molar-refractivity contribution >= 4 is 0 Å². The van der Waals surface area contributed by atoms with E-state index in [0.717, 1.165) is 0 Å². The van der Waals surface area contributed by atoms with Gasteiger partial charge in [0.25, 0.3) is 0 Å². The lowest BCUT2D eigenvalue weighted by atomic mass is 9.98. The van der Waals surface area contributed by atoms with E-state index < -0.39 is 36.9 Å². The summed E-state index contributed by atoms with van der Waals surface area (Å²) in [5.41, 5.74) is 0. The van der Waals surface area contributed by atoms with Gasteiger partial charge in [-0.1, -0.05) is 0 Å². The van der Waals surface area contributed by atoms with E-state index in [1.54, 1.807) is 0 Å². The van der Waals surface area contributed by atoms with E-state index in [-0.39, 0.29) is 25.7 Å². The predicted molar refractivity (Wildman–Crippen MR) is 61.0 cm³/mol. The molecule has 0 rings (SSSR count). The van der Waals surface area contributed by atoms with Gasteiger partial charge < -0.3 is 10.2 Å². The summed E-state index contributed by atoms with van der Waals surface area (Å²) in [6.45, 7) is 2.86. The highest BCUT2D eigenvalue weighted by Gasteiger charge is 2.54. The fourth-order valence-corrected chi connectivity index (χ4v) is 1.60. The van der Waals surface area contributed by atoms with Crippen molar-refractivity contribution in [2.75, 3.05) is 0 Å². The van der Waals surface area contributed by atoms with Crippen molar-refractivity contribution in [3.05, 3.63) is 0 Å². The summed E-state index contributed by atoms with van der Waals surface area (Å²) in [6, 6.07) is 0. The molecule has 0 saturated carbocycles. The standard InChI is InChI=1S/C12H22F4O2/c1-9(17)5-3-7-11(13,14)12(15,16)8-4-6-10(2)18/h9-10,17-18H,3-8H2,1-2H3. The summed E-state index contributed by atoms with van der Waals surface area (Å²) in [5, 5.41) is 17.8. The quantitative estimate of drug-likeness (QED) is 0.633. The zero-order valence-electron chi connectivity index (χ0n) is 10.8. The minimum Gasteiger partial charge on any atom is -0.393 e. The highest BCUT2D eigenvalue weighted by molar-refractivity contribution is 4.84. The first kappa shape index (κ1) is 17.6. The van der Waals surface area contributed by atoms with Crippen LogP contribution in [0.1, 0.15) is 52.4 Å². The lowest BCUT2D eigenvalue weighted by molar-refractivity contribution is -0.216. The molecule has 0 bridgehead atoms. The van der Waals surface area contributed by atoms with Crippen LogP contribution in [0.4, 0.5) is 17.6 Å². The van der Waals surface area contributed by atoms with Crippen LogP contribution in [0, 0.1) is 0 Å². The van der Waals surface area contributed by atoms with Crippen LogP contribution in [0.3, 0.4) is 0 Å². The maximum atomic E-state index is 13.3. The van der Waals surface area contributed by atoms with Crippen molar-refractivity contribution < 1.29 is 27.8 Å². The molecule has 0 spiro atoms. The molecule has 0 amide bonds. The van der Waals surface area contributed by atoms with Crippen LogP contribution < -0.4 is 0 Å². The molecule has 2 unspecified atom stereocenters. The average molecular weight is 274 g/mol. The Kier molecular flexibility index (Phi) is 7.14. The van der Waals surface area contributed by atoms with Gasteiger partial charge in [-0.3, -0.25) is 0 Å². The van der Waals surface area contributed by atoms with Crippen LogP contribution in [0.2, 0.25) is 0 Å². The van der Waals surface area contributed by atoms with Crippen molar-refractivity contribution in [1.82, 2.24) is 0 Å². The summed E-state index contributed by atoms with van der Waals surface area (Å²) in [7, 11) is 0. The molecule has 2 N–H and O–H groups in total. The molecule has 2 nitrogen and oxygen atoms in total. The van der Waals surface area contributed by atoms with Gasteiger partial charge in [0.15, 0.2) is 0 Å². The third-order valence-electron chi connectivity index (χ3n) is 2.76. The molecule has 18 heavy (non-hydrogen) atoms. The van der Waals surface area contributed by atoms with Gasteiger partial charge in [0, 0.05) is 12.8 Å². The Balaban J connectivity index is 4.18. The fourth-order valence-electron chi connectivity index (χ4n) is 1.60.